The summed E-state index contributed by atoms with van der Waals surface area (Å²) in [5.41, 5.74) is 2.06. The molecule has 0 aliphatic carbocycles. The lowest BCUT2D eigenvalue weighted by atomic mass is 10.2. The molecular formula is C21H21ClN6O2S2. The van der Waals surface area contributed by atoms with Gasteiger partial charge in [0.2, 0.25) is 5.91 Å². The Bertz CT molecular complexity index is 1360. The Morgan fingerprint density at radius 1 is 1.31 bits per heavy atom. The van der Waals surface area contributed by atoms with Gasteiger partial charge in [-0.05, 0) is 51.5 Å². The number of amides is 1. The van der Waals surface area contributed by atoms with Gasteiger partial charge in [-0.1, -0.05) is 23.4 Å². The number of thiophene rings is 1. The average Bonchev–Trinajstić information content (AvgIpc) is 3.35. The summed E-state index contributed by atoms with van der Waals surface area (Å²) in [4.78, 5) is 36.4. The highest BCUT2D eigenvalue weighted by Crippen LogP contribution is 2.30. The summed E-state index contributed by atoms with van der Waals surface area (Å²) >= 11 is 8.86. The molecule has 3 heterocycles. The van der Waals surface area contributed by atoms with E-state index in [2.05, 4.69) is 15.4 Å². The van der Waals surface area contributed by atoms with Crippen molar-refractivity contribution >= 4 is 56.5 Å². The minimum atomic E-state index is -0.248. The summed E-state index contributed by atoms with van der Waals surface area (Å²) in [6.07, 6.45) is 2.95. The number of nitrogens with zero attached hydrogens (tertiary/aromatic N) is 5. The van der Waals surface area contributed by atoms with Crippen molar-refractivity contribution in [3.8, 4) is 5.69 Å². The molecule has 3 aromatic heterocycles. The van der Waals surface area contributed by atoms with Gasteiger partial charge < -0.3 is 5.32 Å². The zero-order valence-corrected chi connectivity index (χ0v) is 20.3. The number of rotatable bonds is 6. The molecule has 0 unspecified atom stereocenters. The summed E-state index contributed by atoms with van der Waals surface area (Å²) < 4.78 is 3.20. The van der Waals surface area contributed by atoms with Crippen molar-refractivity contribution < 1.29 is 4.79 Å². The Kier molecular flexibility index (Phi) is 6.36. The molecule has 1 N–H and O–H groups in total. The maximum atomic E-state index is 13.2. The van der Waals surface area contributed by atoms with E-state index in [-0.39, 0.29) is 23.3 Å². The lowest BCUT2D eigenvalue weighted by Crippen LogP contribution is -2.25. The fourth-order valence-electron chi connectivity index (χ4n) is 3.30. The van der Waals surface area contributed by atoms with E-state index >= 15 is 0 Å². The first-order valence-electron chi connectivity index (χ1n) is 9.85. The van der Waals surface area contributed by atoms with Crippen LogP contribution < -0.4 is 10.9 Å². The fraction of sp³-hybridized carbons (Fsp3) is 0.286. The topological polar surface area (TPSA) is 94.7 Å². The molecule has 4 aromatic rings. The second kappa shape index (κ2) is 9.05. The summed E-state index contributed by atoms with van der Waals surface area (Å²) in [6, 6.07) is 5.05. The smallest absolute Gasteiger partial charge is 0.263 e. The fourth-order valence-corrected chi connectivity index (χ4v) is 5.47. The second-order valence-electron chi connectivity index (χ2n) is 7.47. The molecule has 0 aliphatic rings. The normalized spacial score (nSPS) is 11.4. The van der Waals surface area contributed by atoms with Gasteiger partial charge in [0.25, 0.3) is 5.56 Å². The standard InChI is InChI=1S/C21H21ClN6O2S2/c1-11(2)28-20(30)18-12(3)13(4)32-19(18)26-21(28)31-8-17(29)25-15-7-14(22)5-6-16(15)27-10-23-9-24-27/h5-7,9-11H,8H2,1-4H3,(H,25,29). The molecule has 11 heteroatoms. The van der Waals surface area contributed by atoms with Crippen LogP contribution in [0.4, 0.5) is 5.69 Å². The Morgan fingerprint density at radius 3 is 2.78 bits per heavy atom. The number of benzene rings is 1. The first kappa shape index (κ1) is 22.5. The van der Waals surface area contributed by atoms with Crippen molar-refractivity contribution in [2.75, 3.05) is 11.1 Å². The molecule has 0 fully saturated rings. The molecule has 0 spiro atoms. The number of carbonyl (C=O) groups is 1. The molecule has 0 atom stereocenters. The van der Waals surface area contributed by atoms with Crippen LogP contribution in [0.15, 0.2) is 40.8 Å². The Balaban J connectivity index is 1.60. The van der Waals surface area contributed by atoms with Crippen LogP contribution in [0.1, 0.15) is 30.3 Å². The van der Waals surface area contributed by atoms with Crippen molar-refractivity contribution in [1.82, 2.24) is 24.3 Å². The van der Waals surface area contributed by atoms with Crippen LogP contribution in [-0.4, -0.2) is 36.0 Å². The largest absolute Gasteiger partial charge is 0.323 e. The van der Waals surface area contributed by atoms with Crippen molar-refractivity contribution in [2.24, 2.45) is 0 Å². The third kappa shape index (κ3) is 4.30. The molecule has 1 aromatic carbocycles. The van der Waals surface area contributed by atoms with Gasteiger partial charge in [0.05, 0.1) is 22.5 Å². The van der Waals surface area contributed by atoms with Crippen molar-refractivity contribution in [1.29, 1.82) is 0 Å². The first-order valence-corrected chi connectivity index (χ1v) is 12.0. The quantitative estimate of drug-likeness (QED) is 0.314. The molecule has 8 nitrogen and oxygen atoms in total. The lowest BCUT2D eigenvalue weighted by molar-refractivity contribution is -0.113. The van der Waals surface area contributed by atoms with Crippen LogP contribution in [0.3, 0.4) is 0 Å². The highest BCUT2D eigenvalue weighted by molar-refractivity contribution is 7.99. The molecule has 0 bridgehead atoms. The number of hydrogen-bond donors (Lipinski definition) is 1. The number of aryl methyl sites for hydroxylation is 2. The third-order valence-electron chi connectivity index (χ3n) is 4.95. The monoisotopic (exact) mass is 488 g/mol. The summed E-state index contributed by atoms with van der Waals surface area (Å²) in [6.45, 7) is 7.80. The van der Waals surface area contributed by atoms with Crippen LogP contribution in [0, 0.1) is 13.8 Å². The molecule has 1 amide bonds. The molecule has 0 aliphatic heterocycles. The van der Waals surface area contributed by atoms with Gasteiger partial charge in [-0.2, -0.15) is 5.10 Å². The molecule has 0 saturated carbocycles. The van der Waals surface area contributed by atoms with E-state index in [4.69, 9.17) is 16.6 Å². The predicted octanol–water partition coefficient (Wildman–Crippen LogP) is 4.62. The van der Waals surface area contributed by atoms with Gasteiger partial charge in [-0.3, -0.25) is 14.2 Å². The van der Waals surface area contributed by atoms with Crippen LogP contribution in [0.25, 0.3) is 15.9 Å². The number of nitrogens with one attached hydrogen (secondary N) is 1. The molecule has 0 saturated heterocycles. The van der Waals surface area contributed by atoms with E-state index in [0.29, 0.717) is 31.8 Å². The molecular weight excluding hydrogens is 468 g/mol. The lowest BCUT2D eigenvalue weighted by Gasteiger charge is -2.15. The number of thioether (sulfide) groups is 1. The van der Waals surface area contributed by atoms with Crippen molar-refractivity contribution in [3.05, 3.63) is 56.7 Å². The Morgan fingerprint density at radius 2 is 2.09 bits per heavy atom. The Hall–Kier alpha value is -2.69. The SMILES string of the molecule is Cc1sc2nc(SCC(=O)Nc3cc(Cl)ccc3-n3cncn3)n(C(C)C)c(=O)c2c1C. The number of halogens is 1. The predicted molar refractivity (Wildman–Crippen MR) is 129 cm³/mol. The van der Waals surface area contributed by atoms with Gasteiger partial charge in [0, 0.05) is 15.9 Å². The highest BCUT2D eigenvalue weighted by Gasteiger charge is 2.19. The number of aromatic nitrogens is 5. The number of fused-ring (bicyclic) bond motifs is 1. The summed E-state index contributed by atoms with van der Waals surface area (Å²) in [5.74, 6) is -0.168. The second-order valence-corrected chi connectivity index (χ2v) is 10.0. The van der Waals surface area contributed by atoms with Gasteiger partial charge in [0.1, 0.15) is 17.5 Å². The average molecular weight is 489 g/mol. The van der Waals surface area contributed by atoms with Crippen LogP contribution in [-0.2, 0) is 4.79 Å². The van der Waals surface area contributed by atoms with E-state index < -0.39 is 0 Å². The van der Waals surface area contributed by atoms with Crippen molar-refractivity contribution in [3.63, 3.8) is 0 Å². The first-order chi connectivity index (χ1) is 15.3. The zero-order chi connectivity index (χ0) is 23.0. The minimum absolute atomic E-state index is 0.0712. The van der Waals surface area contributed by atoms with Crippen molar-refractivity contribution in [2.45, 2.75) is 38.9 Å². The third-order valence-corrected chi connectivity index (χ3v) is 7.24. The van der Waals surface area contributed by atoms with E-state index in [9.17, 15) is 9.59 Å². The van der Waals surface area contributed by atoms with E-state index in [1.54, 1.807) is 33.8 Å². The van der Waals surface area contributed by atoms with Gasteiger partial charge in [-0.15, -0.1) is 11.3 Å². The maximum Gasteiger partial charge on any atom is 0.263 e. The number of hydrogen-bond acceptors (Lipinski definition) is 7. The molecule has 32 heavy (non-hydrogen) atoms. The molecule has 0 radical (unpaired) electrons. The molecule has 4 rings (SSSR count). The molecule has 166 valence electrons. The Labute approximate surface area is 197 Å². The number of carbonyl (C=O) groups excluding carboxylic acids is 1. The van der Waals surface area contributed by atoms with E-state index in [1.165, 1.54) is 29.4 Å². The number of anilines is 1. The van der Waals surface area contributed by atoms with Gasteiger partial charge >= 0.3 is 0 Å². The summed E-state index contributed by atoms with van der Waals surface area (Å²) in [7, 11) is 0. The van der Waals surface area contributed by atoms with Crippen LogP contribution in [0.2, 0.25) is 5.02 Å². The van der Waals surface area contributed by atoms with E-state index in [1.807, 2.05) is 27.7 Å². The highest BCUT2D eigenvalue weighted by atomic mass is 35.5. The minimum Gasteiger partial charge on any atom is -0.323 e. The zero-order valence-electron chi connectivity index (χ0n) is 17.9. The van der Waals surface area contributed by atoms with Crippen LogP contribution in [0.5, 0.6) is 0 Å². The summed E-state index contributed by atoms with van der Waals surface area (Å²) in [5, 5.41) is 8.66. The van der Waals surface area contributed by atoms with Crippen LogP contribution >= 0.6 is 34.7 Å². The van der Waals surface area contributed by atoms with Gasteiger partial charge in [0.15, 0.2) is 5.16 Å². The van der Waals surface area contributed by atoms with E-state index in [0.717, 1.165) is 10.4 Å². The van der Waals surface area contributed by atoms with Gasteiger partial charge in [-0.25, -0.2) is 14.6 Å². The maximum absolute atomic E-state index is 13.2.